The lowest BCUT2D eigenvalue weighted by Gasteiger charge is -2.06. The van der Waals surface area contributed by atoms with Crippen LogP contribution in [-0.2, 0) is 0 Å². The van der Waals surface area contributed by atoms with Crippen molar-refractivity contribution in [3.8, 4) is 11.4 Å². The van der Waals surface area contributed by atoms with Crippen molar-refractivity contribution in [2.24, 2.45) is 4.99 Å². The van der Waals surface area contributed by atoms with Crippen molar-refractivity contribution >= 4 is 23.0 Å². The van der Waals surface area contributed by atoms with E-state index in [2.05, 4.69) is 15.4 Å². The molecule has 0 unspecified atom stereocenters. The van der Waals surface area contributed by atoms with Gasteiger partial charge in [0.05, 0.1) is 24.4 Å². The van der Waals surface area contributed by atoms with Crippen LogP contribution in [0.2, 0.25) is 0 Å². The Morgan fingerprint density at radius 2 is 1.96 bits per heavy atom. The van der Waals surface area contributed by atoms with Crippen LogP contribution < -0.4 is 15.4 Å². The highest BCUT2D eigenvalue weighted by atomic mass is 32.1. The average molecular weight is 336 g/mol. The Morgan fingerprint density at radius 3 is 2.67 bits per heavy atom. The lowest BCUT2D eigenvalue weighted by atomic mass is 10.3. The van der Waals surface area contributed by atoms with E-state index in [1.165, 1.54) is 0 Å². The van der Waals surface area contributed by atoms with Crippen LogP contribution >= 0.6 is 12.2 Å². The first-order valence-corrected chi connectivity index (χ1v) is 7.75. The molecule has 24 heavy (non-hydrogen) atoms. The highest BCUT2D eigenvalue weighted by Crippen LogP contribution is 2.16. The number of rotatable bonds is 3. The van der Waals surface area contributed by atoms with E-state index in [1.54, 1.807) is 18.0 Å². The summed E-state index contributed by atoms with van der Waals surface area (Å²) in [5, 5.41) is 8.46. The molecule has 0 aliphatic rings. The summed E-state index contributed by atoms with van der Waals surface area (Å²) in [6.07, 6.45) is 3.52. The minimum Gasteiger partial charge on any atom is -0.497 e. The molecule has 0 fully saturated rings. The Hall–Kier alpha value is -2.99. The van der Waals surface area contributed by atoms with Crippen molar-refractivity contribution in [3.05, 3.63) is 78.4 Å². The lowest BCUT2D eigenvalue weighted by molar-refractivity contribution is 0.415. The molecule has 5 nitrogen and oxygen atoms in total. The van der Waals surface area contributed by atoms with Gasteiger partial charge in [0, 0.05) is 18.0 Å². The van der Waals surface area contributed by atoms with Crippen LogP contribution in [0.25, 0.3) is 5.69 Å². The third-order valence-electron chi connectivity index (χ3n) is 3.27. The lowest BCUT2D eigenvalue weighted by Crippen LogP contribution is -2.14. The molecule has 120 valence electrons. The average Bonchev–Trinajstić information content (AvgIpc) is 2.63. The first kappa shape index (κ1) is 15.9. The van der Waals surface area contributed by atoms with Gasteiger partial charge in [-0.1, -0.05) is 24.3 Å². The van der Waals surface area contributed by atoms with Gasteiger partial charge in [-0.2, -0.15) is 5.10 Å². The number of hydrogen-bond acceptors (Lipinski definition) is 3. The Balaban J connectivity index is 1.74. The van der Waals surface area contributed by atoms with Gasteiger partial charge >= 0.3 is 0 Å². The highest BCUT2D eigenvalue weighted by molar-refractivity contribution is 7.80. The van der Waals surface area contributed by atoms with E-state index < -0.39 is 0 Å². The zero-order valence-corrected chi connectivity index (χ0v) is 13.9. The molecule has 0 radical (unpaired) electrons. The molecule has 0 saturated heterocycles. The molecule has 1 N–H and O–H groups in total. The number of para-hydroxylation sites is 1. The van der Waals surface area contributed by atoms with E-state index in [9.17, 15) is 0 Å². The molecular weight excluding hydrogens is 320 g/mol. The van der Waals surface area contributed by atoms with E-state index in [-0.39, 0.29) is 0 Å². The van der Waals surface area contributed by atoms with Crippen LogP contribution in [0.1, 0.15) is 0 Å². The van der Waals surface area contributed by atoms with E-state index >= 15 is 0 Å². The first-order chi connectivity index (χ1) is 11.7. The standard InChI is InChI=1S/C18H16N4OS/c1-23-17-9-5-6-14(12-17)20-18(24)21-15-10-11-22(19-13-15)16-7-3-2-4-8-16/h2-13H,1H3,(H,20,24)/b21-15-. The first-order valence-electron chi connectivity index (χ1n) is 7.35. The summed E-state index contributed by atoms with van der Waals surface area (Å²) in [6, 6.07) is 19.2. The molecule has 0 bridgehead atoms. The smallest absolute Gasteiger partial charge is 0.197 e. The number of anilines is 1. The van der Waals surface area contributed by atoms with E-state index in [1.807, 2.05) is 66.9 Å². The number of thiocarbonyl (C=S) groups is 1. The number of methoxy groups -OCH3 is 1. The molecular formula is C18H16N4OS. The molecule has 0 amide bonds. The largest absolute Gasteiger partial charge is 0.497 e. The summed E-state index contributed by atoms with van der Waals surface area (Å²) >= 11 is 5.27. The van der Waals surface area contributed by atoms with Gasteiger partial charge in [-0.3, -0.25) is 0 Å². The molecule has 0 atom stereocenters. The Morgan fingerprint density at radius 1 is 1.12 bits per heavy atom. The Bertz CT molecular complexity index is 886. The van der Waals surface area contributed by atoms with Gasteiger partial charge < -0.3 is 10.1 Å². The van der Waals surface area contributed by atoms with Gasteiger partial charge in [0.25, 0.3) is 0 Å². The second-order valence-corrected chi connectivity index (χ2v) is 5.33. The highest BCUT2D eigenvalue weighted by Gasteiger charge is 1.98. The van der Waals surface area contributed by atoms with Crippen LogP contribution in [-0.4, -0.2) is 22.0 Å². The third kappa shape index (κ3) is 4.05. The molecule has 3 aromatic rings. The molecule has 1 heterocycles. The van der Waals surface area contributed by atoms with E-state index in [0.29, 0.717) is 10.5 Å². The second kappa shape index (κ2) is 7.52. The zero-order chi connectivity index (χ0) is 16.8. The van der Waals surface area contributed by atoms with Gasteiger partial charge in [-0.15, -0.1) is 0 Å². The van der Waals surface area contributed by atoms with Crippen molar-refractivity contribution < 1.29 is 4.74 Å². The number of hydrogen-bond donors (Lipinski definition) is 1. The predicted molar refractivity (Wildman–Crippen MR) is 98.3 cm³/mol. The maximum Gasteiger partial charge on any atom is 0.197 e. The van der Waals surface area contributed by atoms with Gasteiger partial charge in [0.15, 0.2) is 5.11 Å². The van der Waals surface area contributed by atoms with Gasteiger partial charge in [-0.05, 0) is 42.5 Å². The van der Waals surface area contributed by atoms with E-state index in [0.717, 1.165) is 17.1 Å². The van der Waals surface area contributed by atoms with Crippen LogP contribution in [0, 0.1) is 0 Å². The molecule has 6 heteroatoms. The minimum absolute atomic E-state index is 0.363. The molecule has 1 aromatic heterocycles. The number of nitrogens with one attached hydrogen (secondary N) is 1. The monoisotopic (exact) mass is 336 g/mol. The molecule has 0 saturated carbocycles. The number of benzene rings is 2. The van der Waals surface area contributed by atoms with Crippen molar-refractivity contribution in [3.63, 3.8) is 0 Å². The molecule has 3 rings (SSSR count). The van der Waals surface area contributed by atoms with Crippen molar-refractivity contribution in [2.75, 3.05) is 12.4 Å². The number of nitrogens with zero attached hydrogens (tertiary/aromatic N) is 3. The maximum atomic E-state index is 5.27. The molecule has 2 aromatic carbocycles. The maximum absolute atomic E-state index is 5.27. The third-order valence-corrected chi connectivity index (χ3v) is 3.47. The Labute approximate surface area is 145 Å². The summed E-state index contributed by atoms with van der Waals surface area (Å²) in [5.41, 5.74) is 1.81. The quantitative estimate of drug-likeness (QED) is 0.747. The van der Waals surface area contributed by atoms with Crippen LogP contribution in [0.4, 0.5) is 5.69 Å². The molecule has 0 aliphatic heterocycles. The van der Waals surface area contributed by atoms with Gasteiger partial charge in [0.2, 0.25) is 0 Å². The van der Waals surface area contributed by atoms with Crippen LogP contribution in [0.3, 0.4) is 0 Å². The summed E-state index contributed by atoms with van der Waals surface area (Å²) in [5.74, 6) is 0.757. The van der Waals surface area contributed by atoms with Crippen LogP contribution in [0.15, 0.2) is 78.0 Å². The zero-order valence-electron chi connectivity index (χ0n) is 13.1. The number of ether oxygens (including phenoxy) is 1. The topological polar surface area (TPSA) is 51.4 Å². The van der Waals surface area contributed by atoms with Crippen LogP contribution in [0.5, 0.6) is 5.75 Å². The molecule has 0 aliphatic carbocycles. The number of aromatic nitrogens is 2. The minimum atomic E-state index is 0.363. The second-order valence-electron chi connectivity index (χ2n) is 4.94. The summed E-state index contributed by atoms with van der Waals surface area (Å²) in [7, 11) is 1.62. The van der Waals surface area contributed by atoms with Crippen molar-refractivity contribution in [2.45, 2.75) is 0 Å². The van der Waals surface area contributed by atoms with E-state index in [4.69, 9.17) is 17.0 Å². The molecule has 0 spiro atoms. The van der Waals surface area contributed by atoms with Crippen molar-refractivity contribution in [1.29, 1.82) is 0 Å². The van der Waals surface area contributed by atoms with Gasteiger partial charge in [-0.25, -0.2) is 9.67 Å². The van der Waals surface area contributed by atoms with Gasteiger partial charge in [0.1, 0.15) is 5.75 Å². The van der Waals surface area contributed by atoms with Crippen molar-refractivity contribution in [1.82, 2.24) is 9.78 Å². The fourth-order valence-corrected chi connectivity index (χ4v) is 2.34. The fraction of sp³-hybridized carbons (Fsp3) is 0.0556. The Kier molecular flexibility index (Phi) is 4.98. The predicted octanol–water partition coefficient (Wildman–Crippen LogP) is 3.18. The SMILES string of the molecule is COc1cccc(NC(=S)/N=c2/ccn(-c3ccccc3)nc2)c1. The summed E-state index contributed by atoms with van der Waals surface area (Å²) in [4.78, 5) is 4.35. The summed E-state index contributed by atoms with van der Waals surface area (Å²) in [6.45, 7) is 0. The fourth-order valence-electron chi connectivity index (χ4n) is 2.12. The normalized spacial score (nSPS) is 11.1. The summed E-state index contributed by atoms with van der Waals surface area (Å²) < 4.78 is 6.96.